The quantitative estimate of drug-likeness (QED) is 0.603. The van der Waals surface area contributed by atoms with Crippen molar-refractivity contribution in [3.8, 4) is 0 Å². The molecular weight excluding hydrogens is 262 g/mol. The Balaban J connectivity index is 1.70. The van der Waals surface area contributed by atoms with Crippen LogP contribution in [0, 0.1) is 0 Å². The standard InChI is InChI=1S/C12H17N5O3/c1-8(7-17-6-2-5-13-17)14-10(18)4-3-9-11(19)16-12(20)15-9/h2,5-6,8-9H,3-4,7H2,1H3,(H,14,18)(H2,15,16,19,20)/t8-,9+/m0/s1. The normalized spacial score (nSPS) is 19.4. The zero-order chi connectivity index (χ0) is 14.5. The fraction of sp³-hybridized carbons (Fsp3) is 0.500. The van der Waals surface area contributed by atoms with Gasteiger partial charge in [0.1, 0.15) is 6.04 Å². The lowest BCUT2D eigenvalue weighted by Gasteiger charge is -2.14. The predicted molar refractivity (Wildman–Crippen MR) is 69.5 cm³/mol. The molecule has 20 heavy (non-hydrogen) atoms. The van der Waals surface area contributed by atoms with E-state index in [4.69, 9.17) is 0 Å². The van der Waals surface area contributed by atoms with E-state index in [1.165, 1.54) is 0 Å². The lowest BCUT2D eigenvalue weighted by Crippen LogP contribution is -2.37. The van der Waals surface area contributed by atoms with Crippen molar-refractivity contribution in [3.63, 3.8) is 0 Å². The summed E-state index contributed by atoms with van der Waals surface area (Å²) >= 11 is 0. The summed E-state index contributed by atoms with van der Waals surface area (Å²) in [6, 6.07) is 0.632. The van der Waals surface area contributed by atoms with Crippen LogP contribution in [0.1, 0.15) is 19.8 Å². The molecule has 0 unspecified atom stereocenters. The number of urea groups is 1. The smallest absolute Gasteiger partial charge is 0.322 e. The summed E-state index contributed by atoms with van der Waals surface area (Å²) in [7, 11) is 0. The summed E-state index contributed by atoms with van der Waals surface area (Å²) in [6.45, 7) is 2.46. The van der Waals surface area contributed by atoms with E-state index in [0.717, 1.165) is 0 Å². The summed E-state index contributed by atoms with van der Waals surface area (Å²) in [6.07, 6.45) is 3.97. The summed E-state index contributed by atoms with van der Waals surface area (Å²) in [5.74, 6) is -0.536. The van der Waals surface area contributed by atoms with Gasteiger partial charge in [0.2, 0.25) is 5.91 Å². The van der Waals surface area contributed by atoms with Crippen LogP contribution in [0.2, 0.25) is 0 Å². The van der Waals surface area contributed by atoms with E-state index in [-0.39, 0.29) is 30.7 Å². The van der Waals surface area contributed by atoms with Crippen molar-refractivity contribution in [1.29, 1.82) is 0 Å². The van der Waals surface area contributed by atoms with Crippen LogP contribution < -0.4 is 16.0 Å². The lowest BCUT2D eigenvalue weighted by atomic mass is 10.1. The van der Waals surface area contributed by atoms with Gasteiger partial charge in [-0.1, -0.05) is 0 Å². The Morgan fingerprint density at radius 1 is 1.55 bits per heavy atom. The first-order valence-electron chi connectivity index (χ1n) is 6.43. The van der Waals surface area contributed by atoms with Crippen molar-refractivity contribution in [2.45, 2.75) is 38.4 Å². The number of hydrogen-bond donors (Lipinski definition) is 3. The molecule has 1 aromatic rings. The Morgan fingerprint density at radius 2 is 2.35 bits per heavy atom. The summed E-state index contributed by atoms with van der Waals surface area (Å²) in [5.41, 5.74) is 0. The topological polar surface area (TPSA) is 105 Å². The van der Waals surface area contributed by atoms with E-state index in [2.05, 4.69) is 21.0 Å². The highest BCUT2D eigenvalue weighted by atomic mass is 16.2. The molecule has 2 heterocycles. The molecule has 108 valence electrons. The predicted octanol–water partition coefficient (Wildman–Crippen LogP) is -0.624. The molecule has 2 atom stereocenters. The van der Waals surface area contributed by atoms with Gasteiger partial charge in [-0.15, -0.1) is 0 Å². The average molecular weight is 279 g/mol. The number of carbonyl (C=O) groups is 3. The van der Waals surface area contributed by atoms with Crippen LogP contribution in [0.25, 0.3) is 0 Å². The third-order valence-corrected chi connectivity index (χ3v) is 2.95. The molecule has 0 spiro atoms. The first kappa shape index (κ1) is 14.0. The number of nitrogens with one attached hydrogen (secondary N) is 3. The summed E-state index contributed by atoms with van der Waals surface area (Å²) in [4.78, 5) is 33.9. The number of amides is 4. The van der Waals surface area contributed by atoms with Crippen molar-refractivity contribution in [2.75, 3.05) is 0 Å². The van der Waals surface area contributed by atoms with Gasteiger partial charge in [0.15, 0.2) is 0 Å². The summed E-state index contributed by atoms with van der Waals surface area (Å²) in [5, 5.41) is 11.5. The Labute approximate surface area is 115 Å². The van der Waals surface area contributed by atoms with Crippen molar-refractivity contribution < 1.29 is 14.4 Å². The Hall–Kier alpha value is -2.38. The van der Waals surface area contributed by atoms with Gasteiger partial charge in [0.25, 0.3) is 5.91 Å². The van der Waals surface area contributed by atoms with Gasteiger partial charge < -0.3 is 10.6 Å². The molecular formula is C12H17N5O3. The maximum Gasteiger partial charge on any atom is 0.322 e. The molecule has 0 aromatic carbocycles. The highest BCUT2D eigenvalue weighted by Crippen LogP contribution is 2.03. The van der Waals surface area contributed by atoms with E-state index in [1.807, 2.05) is 19.2 Å². The zero-order valence-corrected chi connectivity index (χ0v) is 11.1. The number of rotatable bonds is 6. The maximum absolute atomic E-state index is 11.7. The molecule has 0 aliphatic carbocycles. The molecule has 0 radical (unpaired) electrons. The number of carbonyl (C=O) groups excluding carboxylic acids is 3. The first-order chi connectivity index (χ1) is 9.54. The first-order valence-corrected chi connectivity index (χ1v) is 6.43. The van der Waals surface area contributed by atoms with E-state index >= 15 is 0 Å². The third kappa shape index (κ3) is 3.81. The van der Waals surface area contributed by atoms with Crippen LogP contribution in [-0.2, 0) is 16.1 Å². The van der Waals surface area contributed by atoms with Gasteiger partial charge in [0, 0.05) is 24.9 Å². The van der Waals surface area contributed by atoms with E-state index in [9.17, 15) is 14.4 Å². The maximum atomic E-state index is 11.7. The van der Waals surface area contributed by atoms with E-state index in [0.29, 0.717) is 6.54 Å². The molecule has 1 aliphatic heterocycles. The molecule has 8 heteroatoms. The second-order valence-electron chi connectivity index (χ2n) is 4.75. The van der Waals surface area contributed by atoms with Crippen molar-refractivity contribution in [3.05, 3.63) is 18.5 Å². The molecule has 8 nitrogen and oxygen atoms in total. The highest BCUT2D eigenvalue weighted by Gasteiger charge is 2.29. The van der Waals surface area contributed by atoms with Crippen LogP contribution >= 0.6 is 0 Å². The molecule has 0 saturated carbocycles. The Bertz CT molecular complexity index is 499. The Morgan fingerprint density at radius 3 is 2.95 bits per heavy atom. The van der Waals surface area contributed by atoms with Crippen LogP contribution in [-0.4, -0.2) is 39.7 Å². The fourth-order valence-corrected chi connectivity index (χ4v) is 2.02. The molecule has 1 saturated heterocycles. The van der Waals surface area contributed by atoms with Crippen LogP contribution in [0.3, 0.4) is 0 Å². The zero-order valence-electron chi connectivity index (χ0n) is 11.1. The number of hydrogen-bond acceptors (Lipinski definition) is 4. The van der Waals surface area contributed by atoms with Crippen LogP contribution in [0.4, 0.5) is 4.79 Å². The lowest BCUT2D eigenvalue weighted by molar-refractivity contribution is -0.122. The highest BCUT2D eigenvalue weighted by molar-refractivity contribution is 6.04. The van der Waals surface area contributed by atoms with Crippen LogP contribution in [0.15, 0.2) is 18.5 Å². The fourth-order valence-electron chi connectivity index (χ4n) is 2.02. The SMILES string of the molecule is C[C@@H](Cn1cccn1)NC(=O)CC[C@H]1NC(=O)NC1=O. The molecule has 4 amide bonds. The van der Waals surface area contributed by atoms with Gasteiger partial charge in [-0.25, -0.2) is 4.79 Å². The summed E-state index contributed by atoms with van der Waals surface area (Å²) < 4.78 is 1.73. The minimum atomic E-state index is -0.616. The van der Waals surface area contributed by atoms with E-state index < -0.39 is 12.1 Å². The average Bonchev–Trinajstić information content (AvgIpc) is 2.96. The molecule has 1 aliphatic rings. The monoisotopic (exact) mass is 279 g/mol. The van der Waals surface area contributed by atoms with Gasteiger partial charge >= 0.3 is 6.03 Å². The van der Waals surface area contributed by atoms with Crippen molar-refractivity contribution in [1.82, 2.24) is 25.7 Å². The molecule has 1 fully saturated rings. The number of aromatic nitrogens is 2. The van der Waals surface area contributed by atoms with Gasteiger partial charge in [-0.05, 0) is 19.4 Å². The second-order valence-corrected chi connectivity index (χ2v) is 4.75. The number of imide groups is 1. The van der Waals surface area contributed by atoms with Gasteiger partial charge in [-0.3, -0.25) is 19.6 Å². The van der Waals surface area contributed by atoms with E-state index in [1.54, 1.807) is 10.9 Å². The molecule has 1 aromatic heterocycles. The number of nitrogens with zero attached hydrogens (tertiary/aromatic N) is 2. The molecule has 2 rings (SSSR count). The molecule has 3 N–H and O–H groups in total. The minimum absolute atomic E-state index is 0.0607. The van der Waals surface area contributed by atoms with Gasteiger partial charge in [-0.2, -0.15) is 5.10 Å². The van der Waals surface area contributed by atoms with Crippen LogP contribution in [0.5, 0.6) is 0 Å². The van der Waals surface area contributed by atoms with Crippen molar-refractivity contribution >= 4 is 17.8 Å². The van der Waals surface area contributed by atoms with Gasteiger partial charge in [0.05, 0.1) is 6.54 Å². The second kappa shape index (κ2) is 6.18. The third-order valence-electron chi connectivity index (χ3n) is 2.95. The Kier molecular flexibility index (Phi) is 4.34. The molecule has 0 bridgehead atoms. The largest absolute Gasteiger partial charge is 0.352 e. The van der Waals surface area contributed by atoms with Crippen molar-refractivity contribution in [2.24, 2.45) is 0 Å². The minimum Gasteiger partial charge on any atom is -0.352 e.